The van der Waals surface area contributed by atoms with Crippen molar-refractivity contribution < 1.29 is 5.11 Å². The van der Waals surface area contributed by atoms with Gasteiger partial charge >= 0.3 is 0 Å². The minimum Gasteiger partial charge on any atom is -0.395 e. The number of rotatable bonds is 10. The number of hydrogen-bond donors (Lipinski definition) is 3. The standard InChI is InChI=1S/C26H37N5O/c1-3-7-19(2)29-26-28-17-23-24(21-12-10-20(11-13-21)16-27-14-15-32)18-31(25(23)30-26)22-8-5-4-6-9-22/h10-13,17-19,22,27,32H,3-9,14-16H2,1-2H3,(H,28,29,30)/t19-/m0/s1. The van der Waals surface area contributed by atoms with Gasteiger partial charge < -0.3 is 20.3 Å². The van der Waals surface area contributed by atoms with E-state index in [4.69, 9.17) is 10.1 Å². The van der Waals surface area contributed by atoms with E-state index in [2.05, 4.69) is 64.5 Å². The molecular formula is C26H37N5O. The van der Waals surface area contributed by atoms with Crippen molar-refractivity contribution in [3.63, 3.8) is 0 Å². The fourth-order valence-corrected chi connectivity index (χ4v) is 4.81. The molecule has 2 heterocycles. The van der Waals surface area contributed by atoms with Crippen LogP contribution in [-0.4, -0.2) is 38.8 Å². The highest BCUT2D eigenvalue weighted by atomic mass is 16.3. The van der Waals surface area contributed by atoms with Gasteiger partial charge in [-0.05, 0) is 37.3 Å². The fraction of sp³-hybridized carbons (Fsp3) is 0.538. The van der Waals surface area contributed by atoms with E-state index >= 15 is 0 Å². The molecule has 172 valence electrons. The van der Waals surface area contributed by atoms with Crippen LogP contribution in [0.4, 0.5) is 5.95 Å². The van der Waals surface area contributed by atoms with E-state index in [0.717, 1.165) is 36.4 Å². The highest BCUT2D eigenvalue weighted by molar-refractivity contribution is 5.94. The monoisotopic (exact) mass is 435 g/mol. The van der Waals surface area contributed by atoms with Gasteiger partial charge in [0.25, 0.3) is 0 Å². The number of benzene rings is 1. The zero-order valence-corrected chi connectivity index (χ0v) is 19.5. The largest absolute Gasteiger partial charge is 0.395 e. The molecule has 3 aromatic rings. The van der Waals surface area contributed by atoms with Crippen LogP contribution in [0, 0.1) is 0 Å². The lowest BCUT2D eigenvalue weighted by atomic mass is 9.95. The van der Waals surface area contributed by atoms with E-state index in [0.29, 0.717) is 18.6 Å². The smallest absolute Gasteiger partial charge is 0.224 e. The molecule has 4 rings (SSSR count). The van der Waals surface area contributed by atoms with Gasteiger partial charge in [0.2, 0.25) is 5.95 Å². The molecule has 0 spiro atoms. The molecule has 6 heteroatoms. The molecule has 0 saturated heterocycles. The molecule has 6 nitrogen and oxygen atoms in total. The number of nitrogens with one attached hydrogen (secondary N) is 2. The summed E-state index contributed by atoms with van der Waals surface area (Å²) >= 11 is 0. The van der Waals surface area contributed by atoms with Crippen molar-refractivity contribution in [1.82, 2.24) is 19.9 Å². The summed E-state index contributed by atoms with van der Waals surface area (Å²) in [5.41, 5.74) is 4.65. The maximum atomic E-state index is 8.96. The second kappa shape index (κ2) is 10.9. The predicted octanol–water partition coefficient (Wildman–Crippen LogP) is 5.29. The van der Waals surface area contributed by atoms with E-state index in [1.807, 2.05) is 6.20 Å². The Kier molecular flexibility index (Phi) is 7.76. The Morgan fingerprint density at radius 1 is 1.16 bits per heavy atom. The van der Waals surface area contributed by atoms with Crippen molar-refractivity contribution in [3.05, 3.63) is 42.2 Å². The van der Waals surface area contributed by atoms with E-state index in [1.165, 1.54) is 48.8 Å². The minimum absolute atomic E-state index is 0.160. The van der Waals surface area contributed by atoms with Crippen LogP contribution in [0.5, 0.6) is 0 Å². The third-order valence-electron chi connectivity index (χ3n) is 6.52. The predicted molar refractivity (Wildman–Crippen MR) is 132 cm³/mol. The summed E-state index contributed by atoms with van der Waals surface area (Å²) in [6.07, 6.45) is 12.9. The molecule has 0 radical (unpaired) electrons. The van der Waals surface area contributed by atoms with Crippen molar-refractivity contribution in [3.8, 4) is 11.1 Å². The van der Waals surface area contributed by atoms with E-state index < -0.39 is 0 Å². The Labute approximate surface area is 191 Å². The average Bonchev–Trinajstić information content (AvgIpc) is 3.19. The first-order valence-corrected chi connectivity index (χ1v) is 12.2. The number of hydrogen-bond acceptors (Lipinski definition) is 5. The van der Waals surface area contributed by atoms with Gasteiger partial charge in [-0.2, -0.15) is 4.98 Å². The lowest BCUT2D eigenvalue weighted by Gasteiger charge is -2.24. The van der Waals surface area contributed by atoms with Crippen LogP contribution in [0.15, 0.2) is 36.7 Å². The normalized spacial score (nSPS) is 15.8. The molecular weight excluding hydrogens is 398 g/mol. The number of aromatic nitrogens is 3. The molecule has 32 heavy (non-hydrogen) atoms. The molecule has 1 fully saturated rings. The summed E-state index contributed by atoms with van der Waals surface area (Å²) in [5, 5.41) is 16.8. The van der Waals surface area contributed by atoms with Gasteiger partial charge in [0, 0.05) is 48.5 Å². The van der Waals surface area contributed by atoms with Crippen LogP contribution >= 0.6 is 0 Å². The van der Waals surface area contributed by atoms with Gasteiger partial charge in [0.15, 0.2) is 0 Å². The molecule has 1 aliphatic carbocycles. The number of aliphatic hydroxyl groups is 1. The van der Waals surface area contributed by atoms with Crippen molar-refractivity contribution in [2.24, 2.45) is 0 Å². The van der Waals surface area contributed by atoms with Crippen LogP contribution < -0.4 is 10.6 Å². The maximum absolute atomic E-state index is 8.96. The van der Waals surface area contributed by atoms with Gasteiger partial charge in [-0.3, -0.25) is 0 Å². The topological polar surface area (TPSA) is 75.0 Å². The lowest BCUT2D eigenvalue weighted by molar-refractivity contribution is 0.292. The van der Waals surface area contributed by atoms with Crippen LogP contribution in [0.1, 0.15) is 70.4 Å². The second-order valence-electron chi connectivity index (χ2n) is 9.10. The first-order valence-electron chi connectivity index (χ1n) is 12.2. The number of aliphatic hydroxyl groups excluding tert-OH is 1. The number of fused-ring (bicyclic) bond motifs is 1. The Morgan fingerprint density at radius 2 is 1.94 bits per heavy atom. The Morgan fingerprint density at radius 3 is 2.66 bits per heavy atom. The third kappa shape index (κ3) is 5.30. The summed E-state index contributed by atoms with van der Waals surface area (Å²) < 4.78 is 2.41. The summed E-state index contributed by atoms with van der Waals surface area (Å²) in [4.78, 5) is 9.67. The van der Waals surface area contributed by atoms with Crippen molar-refractivity contribution in [2.75, 3.05) is 18.5 Å². The average molecular weight is 436 g/mol. The molecule has 0 unspecified atom stereocenters. The fourth-order valence-electron chi connectivity index (χ4n) is 4.81. The van der Waals surface area contributed by atoms with E-state index in [9.17, 15) is 0 Å². The van der Waals surface area contributed by atoms with Crippen LogP contribution in [0.25, 0.3) is 22.2 Å². The molecule has 2 aromatic heterocycles. The summed E-state index contributed by atoms with van der Waals surface area (Å²) in [6.45, 7) is 5.93. The molecule has 1 saturated carbocycles. The van der Waals surface area contributed by atoms with Crippen LogP contribution in [0.2, 0.25) is 0 Å². The first-order chi connectivity index (χ1) is 15.7. The number of nitrogens with zero attached hydrogens (tertiary/aromatic N) is 3. The van der Waals surface area contributed by atoms with Gasteiger partial charge in [-0.1, -0.05) is 56.9 Å². The summed E-state index contributed by atoms with van der Waals surface area (Å²) in [7, 11) is 0. The van der Waals surface area contributed by atoms with Gasteiger partial charge in [-0.15, -0.1) is 0 Å². The highest BCUT2D eigenvalue weighted by Crippen LogP contribution is 2.36. The van der Waals surface area contributed by atoms with Crippen LogP contribution in [0.3, 0.4) is 0 Å². The second-order valence-corrected chi connectivity index (χ2v) is 9.10. The SMILES string of the molecule is CCC[C@H](C)Nc1ncc2c(-c3ccc(CNCCO)cc3)cn(C3CCCCC3)c2n1. The van der Waals surface area contributed by atoms with E-state index in [1.54, 1.807) is 0 Å². The van der Waals surface area contributed by atoms with Crippen LogP contribution in [-0.2, 0) is 6.54 Å². The molecule has 0 amide bonds. The molecule has 0 bridgehead atoms. The Hall–Kier alpha value is -2.44. The Bertz CT molecular complexity index is 991. The summed E-state index contributed by atoms with van der Waals surface area (Å²) in [6, 6.07) is 9.57. The zero-order chi connectivity index (χ0) is 22.3. The third-order valence-corrected chi connectivity index (χ3v) is 6.52. The van der Waals surface area contributed by atoms with Crippen molar-refractivity contribution in [2.45, 2.75) is 77.4 Å². The van der Waals surface area contributed by atoms with E-state index in [-0.39, 0.29) is 6.61 Å². The lowest BCUT2D eigenvalue weighted by Crippen LogP contribution is -2.17. The zero-order valence-electron chi connectivity index (χ0n) is 19.5. The van der Waals surface area contributed by atoms with Crippen molar-refractivity contribution >= 4 is 17.0 Å². The molecule has 1 atom stereocenters. The molecule has 1 aromatic carbocycles. The Balaban J connectivity index is 1.67. The molecule has 3 N–H and O–H groups in total. The van der Waals surface area contributed by atoms with Crippen molar-refractivity contribution in [1.29, 1.82) is 0 Å². The highest BCUT2D eigenvalue weighted by Gasteiger charge is 2.21. The molecule has 1 aliphatic rings. The van der Waals surface area contributed by atoms with Gasteiger partial charge in [0.05, 0.1) is 6.61 Å². The number of anilines is 1. The quantitative estimate of drug-likeness (QED) is 0.378. The first kappa shape index (κ1) is 22.7. The molecule has 0 aliphatic heterocycles. The van der Waals surface area contributed by atoms with Gasteiger partial charge in [0.1, 0.15) is 5.65 Å². The minimum atomic E-state index is 0.160. The van der Waals surface area contributed by atoms with Gasteiger partial charge in [-0.25, -0.2) is 4.98 Å². The summed E-state index contributed by atoms with van der Waals surface area (Å²) in [5.74, 6) is 0.727. The maximum Gasteiger partial charge on any atom is 0.224 e.